The molecule has 0 spiro atoms. The topological polar surface area (TPSA) is 86.8 Å². The molecule has 2 fully saturated rings. The standard InChI is InChI=1S/C14H25N3O4S/c1-11(15-13(18)12-5-3-4-6-12)14(19)16-7-9-17(10-8-16)22(2,20)21/h11-12H,3-10H2,1-2H3,(H,15,18). The zero-order valence-corrected chi connectivity index (χ0v) is 14.1. The molecule has 0 radical (unpaired) electrons. The maximum Gasteiger partial charge on any atom is 0.244 e. The number of piperazine rings is 1. The van der Waals surface area contributed by atoms with Crippen LogP contribution in [0, 0.1) is 5.92 Å². The quantitative estimate of drug-likeness (QED) is 0.772. The summed E-state index contributed by atoms with van der Waals surface area (Å²) in [6.07, 6.45) is 5.14. The Labute approximate surface area is 132 Å². The zero-order valence-electron chi connectivity index (χ0n) is 13.2. The van der Waals surface area contributed by atoms with Crippen LogP contribution in [0.4, 0.5) is 0 Å². The van der Waals surface area contributed by atoms with Gasteiger partial charge in [0.05, 0.1) is 6.26 Å². The Hall–Kier alpha value is -1.15. The van der Waals surface area contributed by atoms with Gasteiger partial charge < -0.3 is 10.2 Å². The lowest BCUT2D eigenvalue weighted by Crippen LogP contribution is -2.55. The summed E-state index contributed by atoms with van der Waals surface area (Å²) in [5, 5.41) is 2.80. The second-order valence-corrected chi connectivity index (χ2v) is 8.18. The monoisotopic (exact) mass is 331 g/mol. The van der Waals surface area contributed by atoms with E-state index in [1.807, 2.05) is 0 Å². The van der Waals surface area contributed by atoms with Crippen molar-refractivity contribution in [2.24, 2.45) is 5.92 Å². The molecule has 1 heterocycles. The molecule has 0 aromatic carbocycles. The molecule has 1 unspecified atom stereocenters. The van der Waals surface area contributed by atoms with Gasteiger partial charge in [0.2, 0.25) is 21.8 Å². The first-order valence-electron chi connectivity index (χ1n) is 7.83. The van der Waals surface area contributed by atoms with Gasteiger partial charge in [0.15, 0.2) is 0 Å². The Morgan fingerprint density at radius 1 is 1.09 bits per heavy atom. The maximum atomic E-state index is 12.3. The normalized spacial score (nSPS) is 22.5. The largest absolute Gasteiger partial charge is 0.344 e. The lowest BCUT2D eigenvalue weighted by Gasteiger charge is -2.34. The van der Waals surface area contributed by atoms with Crippen molar-refractivity contribution in [3.63, 3.8) is 0 Å². The number of amides is 2. The highest BCUT2D eigenvalue weighted by Gasteiger charge is 2.30. The van der Waals surface area contributed by atoms with Crippen LogP contribution in [0.1, 0.15) is 32.6 Å². The van der Waals surface area contributed by atoms with Gasteiger partial charge in [0, 0.05) is 32.1 Å². The Kier molecular flexibility index (Phi) is 5.44. The van der Waals surface area contributed by atoms with Gasteiger partial charge >= 0.3 is 0 Å². The summed E-state index contributed by atoms with van der Waals surface area (Å²) >= 11 is 0. The maximum absolute atomic E-state index is 12.3. The van der Waals surface area contributed by atoms with Crippen LogP contribution < -0.4 is 5.32 Å². The van der Waals surface area contributed by atoms with Gasteiger partial charge in [-0.15, -0.1) is 0 Å². The van der Waals surface area contributed by atoms with E-state index in [0.29, 0.717) is 26.2 Å². The summed E-state index contributed by atoms with van der Waals surface area (Å²) in [6, 6.07) is -0.558. The van der Waals surface area contributed by atoms with Gasteiger partial charge in [-0.2, -0.15) is 4.31 Å². The first kappa shape index (κ1) is 17.2. The first-order chi connectivity index (χ1) is 10.3. The van der Waals surface area contributed by atoms with E-state index in [1.165, 1.54) is 10.6 Å². The fourth-order valence-electron chi connectivity index (χ4n) is 3.09. The molecule has 1 atom stereocenters. The molecule has 1 saturated carbocycles. The average molecular weight is 331 g/mol. The van der Waals surface area contributed by atoms with E-state index in [-0.39, 0.29) is 17.7 Å². The number of sulfonamides is 1. The summed E-state index contributed by atoms with van der Waals surface area (Å²) in [4.78, 5) is 26.0. The summed E-state index contributed by atoms with van der Waals surface area (Å²) in [5.74, 6) is -0.134. The first-order valence-corrected chi connectivity index (χ1v) is 9.68. The third-order valence-corrected chi connectivity index (χ3v) is 5.78. The van der Waals surface area contributed by atoms with E-state index in [9.17, 15) is 18.0 Å². The molecule has 0 aromatic rings. The molecule has 7 nitrogen and oxygen atoms in total. The van der Waals surface area contributed by atoms with Crippen LogP contribution in [-0.2, 0) is 19.6 Å². The van der Waals surface area contributed by atoms with Crippen LogP contribution in [0.5, 0.6) is 0 Å². The summed E-state index contributed by atoms with van der Waals surface area (Å²) in [7, 11) is -3.20. The molecule has 1 N–H and O–H groups in total. The molecule has 22 heavy (non-hydrogen) atoms. The summed E-state index contributed by atoms with van der Waals surface area (Å²) < 4.78 is 24.3. The molecule has 2 aliphatic rings. The summed E-state index contributed by atoms with van der Waals surface area (Å²) in [6.45, 7) is 3.06. The average Bonchev–Trinajstić information content (AvgIpc) is 3.00. The fourth-order valence-corrected chi connectivity index (χ4v) is 3.92. The van der Waals surface area contributed by atoms with Crippen molar-refractivity contribution in [3.8, 4) is 0 Å². The van der Waals surface area contributed by atoms with E-state index in [0.717, 1.165) is 25.7 Å². The second kappa shape index (κ2) is 6.95. The Balaban J connectivity index is 1.82. The van der Waals surface area contributed by atoms with E-state index in [1.54, 1.807) is 11.8 Å². The van der Waals surface area contributed by atoms with E-state index in [4.69, 9.17) is 0 Å². The fraction of sp³-hybridized carbons (Fsp3) is 0.857. The molecule has 2 amide bonds. The van der Waals surface area contributed by atoms with Crippen molar-refractivity contribution < 1.29 is 18.0 Å². The highest BCUT2D eigenvalue weighted by atomic mass is 32.2. The molecule has 1 aliphatic heterocycles. The van der Waals surface area contributed by atoms with Gasteiger partial charge in [0.25, 0.3) is 0 Å². The number of hydrogen-bond acceptors (Lipinski definition) is 4. The van der Waals surface area contributed by atoms with Crippen LogP contribution in [-0.4, -0.2) is 67.9 Å². The Morgan fingerprint density at radius 2 is 1.64 bits per heavy atom. The van der Waals surface area contributed by atoms with Gasteiger partial charge in [-0.25, -0.2) is 8.42 Å². The lowest BCUT2D eigenvalue weighted by atomic mass is 10.1. The van der Waals surface area contributed by atoms with E-state index >= 15 is 0 Å². The highest BCUT2D eigenvalue weighted by Crippen LogP contribution is 2.24. The van der Waals surface area contributed by atoms with Crippen molar-refractivity contribution in [1.82, 2.24) is 14.5 Å². The van der Waals surface area contributed by atoms with Crippen LogP contribution >= 0.6 is 0 Å². The van der Waals surface area contributed by atoms with Crippen LogP contribution in [0.3, 0.4) is 0 Å². The van der Waals surface area contributed by atoms with Crippen molar-refractivity contribution in [1.29, 1.82) is 0 Å². The molecule has 0 aromatic heterocycles. The number of rotatable bonds is 4. The number of hydrogen-bond donors (Lipinski definition) is 1. The Morgan fingerprint density at radius 3 is 2.14 bits per heavy atom. The number of carbonyl (C=O) groups is 2. The lowest BCUT2D eigenvalue weighted by molar-refractivity contribution is -0.137. The minimum atomic E-state index is -3.20. The predicted octanol–water partition coefficient (Wildman–Crippen LogP) is -0.215. The number of nitrogens with zero attached hydrogens (tertiary/aromatic N) is 2. The van der Waals surface area contributed by atoms with Crippen molar-refractivity contribution in [2.75, 3.05) is 32.4 Å². The molecular weight excluding hydrogens is 306 g/mol. The van der Waals surface area contributed by atoms with Gasteiger partial charge in [-0.3, -0.25) is 9.59 Å². The van der Waals surface area contributed by atoms with Crippen molar-refractivity contribution in [3.05, 3.63) is 0 Å². The number of nitrogens with one attached hydrogen (secondary N) is 1. The molecule has 0 bridgehead atoms. The van der Waals surface area contributed by atoms with E-state index < -0.39 is 16.1 Å². The summed E-state index contributed by atoms with van der Waals surface area (Å²) in [5.41, 5.74) is 0. The molecular formula is C14H25N3O4S. The van der Waals surface area contributed by atoms with Crippen LogP contribution in [0.2, 0.25) is 0 Å². The van der Waals surface area contributed by atoms with Crippen molar-refractivity contribution >= 4 is 21.8 Å². The molecule has 8 heteroatoms. The highest BCUT2D eigenvalue weighted by molar-refractivity contribution is 7.88. The second-order valence-electron chi connectivity index (χ2n) is 6.20. The molecule has 126 valence electrons. The molecule has 1 aliphatic carbocycles. The number of carbonyl (C=O) groups excluding carboxylic acids is 2. The minimum absolute atomic E-state index is 0.0341. The smallest absolute Gasteiger partial charge is 0.244 e. The SMILES string of the molecule is CC(NC(=O)C1CCCC1)C(=O)N1CCN(S(C)(=O)=O)CC1. The van der Waals surface area contributed by atoms with Crippen LogP contribution in [0.15, 0.2) is 0 Å². The van der Waals surface area contributed by atoms with Gasteiger partial charge in [0.1, 0.15) is 6.04 Å². The van der Waals surface area contributed by atoms with Gasteiger partial charge in [-0.1, -0.05) is 12.8 Å². The zero-order chi connectivity index (χ0) is 16.3. The van der Waals surface area contributed by atoms with Gasteiger partial charge in [-0.05, 0) is 19.8 Å². The van der Waals surface area contributed by atoms with Crippen molar-refractivity contribution in [2.45, 2.75) is 38.6 Å². The third-order valence-electron chi connectivity index (χ3n) is 4.47. The third kappa shape index (κ3) is 4.19. The molecule has 2 rings (SSSR count). The molecule has 1 saturated heterocycles. The van der Waals surface area contributed by atoms with E-state index in [2.05, 4.69) is 5.32 Å². The minimum Gasteiger partial charge on any atom is -0.344 e. The van der Waals surface area contributed by atoms with Crippen LogP contribution in [0.25, 0.3) is 0 Å². The Bertz CT molecular complexity index is 520. The predicted molar refractivity (Wildman–Crippen MR) is 82.6 cm³/mol.